The van der Waals surface area contributed by atoms with E-state index in [0.717, 1.165) is 36.2 Å². The van der Waals surface area contributed by atoms with Crippen LogP contribution in [0.3, 0.4) is 0 Å². The van der Waals surface area contributed by atoms with Crippen LogP contribution in [0, 0.1) is 5.92 Å². The Balaban J connectivity index is 2.21. The van der Waals surface area contributed by atoms with E-state index in [9.17, 15) is 4.79 Å². The van der Waals surface area contributed by atoms with Gasteiger partial charge < -0.3 is 9.88 Å². The molecule has 0 saturated heterocycles. The molecule has 4 nitrogen and oxygen atoms in total. The normalized spacial score (nSPS) is 12.8. The van der Waals surface area contributed by atoms with Crippen molar-refractivity contribution >= 4 is 16.9 Å². The molecule has 1 amide bonds. The number of nitrogens with zero attached hydrogens (tertiary/aromatic N) is 2. The Morgan fingerprint density at radius 1 is 1.29 bits per heavy atom. The van der Waals surface area contributed by atoms with Crippen molar-refractivity contribution in [3.8, 4) is 0 Å². The molecule has 1 N–H and O–H groups in total. The fourth-order valence-electron chi connectivity index (χ4n) is 2.52. The number of amides is 1. The van der Waals surface area contributed by atoms with Crippen LogP contribution in [0.2, 0.25) is 0 Å². The lowest BCUT2D eigenvalue weighted by molar-refractivity contribution is -0.123. The minimum absolute atomic E-state index is 0.0634. The summed E-state index contributed by atoms with van der Waals surface area (Å²) in [7, 11) is 0. The van der Waals surface area contributed by atoms with Crippen LogP contribution in [0.15, 0.2) is 24.3 Å². The van der Waals surface area contributed by atoms with Gasteiger partial charge in [-0.1, -0.05) is 32.9 Å². The van der Waals surface area contributed by atoms with Crippen molar-refractivity contribution in [2.24, 2.45) is 5.92 Å². The summed E-state index contributed by atoms with van der Waals surface area (Å²) in [5, 5.41) is 3.03. The van der Waals surface area contributed by atoms with Crippen molar-refractivity contribution in [2.45, 2.75) is 46.6 Å². The number of aryl methyl sites for hydroxylation is 1. The van der Waals surface area contributed by atoms with Gasteiger partial charge in [0.05, 0.1) is 11.0 Å². The molecular formula is C17H25N3O. The quantitative estimate of drug-likeness (QED) is 0.886. The first kappa shape index (κ1) is 15.5. The maximum absolute atomic E-state index is 12.4. The van der Waals surface area contributed by atoms with Gasteiger partial charge in [0.1, 0.15) is 11.9 Å². The van der Waals surface area contributed by atoms with Gasteiger partial charge in [-0.05, 0) is 31.4 Å². The van der Waals surface area contributed by atoms with Gasteiger partial charge in [0.2, 0.25) is 5.91 Å². The number of nitrogens with one attached hydrogen (secondary N) is 1. The molecule has 2 aromatic rings. The lowest BCUT2D eigenvalue weighted by Crippen LogP contribution is -2.32. The molecule has 0 bridgehead atoms. The molecule has 1 aromatic heterocycles. The number of imidazole rings is 1. The molecule has 0 spiro atoms. The van der Waals surface area contributed by atoms with Gasteiger partial charge in [0, 0.05) is 13.0 Å². The van der Waals surface area contributed by atoms with E-state index < -0.39 is 0 Å². The second-order valence-corrected chi connectivity index (χ2v) is 5.89. The Kier molecular flexibility index (Phi) is 4.99. The molecule has 2 rings (SSSR count). The van der Waals surface area contributed by atoms with Crippen LogP contribution in [0.5, 0.6) is 0 Å². The predicted octanol–water partition coefficient (Wildman–Crippen LogP) is 3.32. The first-order valence-electron chi connectivity index (χ1n) is 7.78. The number of hydrogen-bond donors (Lipinski definition) is 1. The van der Waals surface area contributed by atoms with Crippen molar-refractivity contribution in [1.82, 2.24) is 14.9 Å². The van der Waals surface area contributed by atoms with E-state index >= 15 is 0 Å². The number of carbonyl (C=O) groups excluding carboxylic acids is 1. The van der Waals surface area contributed by atoms with E-state index in [-0.39, 0.29) is 11.9 Å². The van der Waals surface area contributed by atoms with Crippen molar-refractivity contribution in [1.29, 1.82) is 0 Å². The van der Waals surface area contributed by atoms with Crippen molar-refractivity contribution in [2.75, 3.05) is 6.54 Å². The van der Waals surface area contributed by atoms with E-state index in [4.69, 9.17) is 0 Å². The van der Waals surface area contributed by atoms with Crippen LogP contribution in [-0.2, 0) is 11.2 Å². The minimum Gasteiger partial charge on any atom is -0.354 e. The molecule has 0 aliphatic carbocycles. The van der Waals surface area contributed by atoms with Crippen LogP contribution in [0.25, 0.3) is 11.0 Å². The zero-order valence-corrected chi connectivity index (χ0v) is 13.4. The van der Waals surface area contributed by atoms with Crippen molar-refractivity contribution < 1.29 is 4.79 Å². The second-order valence-electron chi connectivity index (χ2n) is 5.89. The Bertz CT molecular complexity index is 616. The number of benzene rings is 1. The Hall–Kier alpha value is -1.84. The van der Waals surface area contributed by atoms with Gasteiger partial charge in [0.25, 0.3) is 0 Å². The van der Waals surface area contributed by atoms with Crippen LogP contribution < -0.4 is 5.32 Å². The molecule has 1 unspecified atom stereocenters. The number of carbonyl (C=O) groups is 1. The average molecular weight is 287 g/mol. The topological polar surface area (TPSA) is 46.9 Å². The van der Waals surface area contributed by atoms with Crippen LogP contribution in [-0.4, -0.2) is 22.0 Å². The Labute approximate surface area is 126 Å². The smallest absolute Gasteiger partial charge is 0.242 e. The molecule has 114 valence electrons. The Morgan fingerprint density at radius 3 is 2.67 bits per heavy atom. The van der Waals surface area contributed by atoms with Gasteiger partial charge in [-0.3, -0.25) is 4.79 Å². The summed E-state index contributed by atoms with van der Waals surface area (Å²) in [5.74, 6) is 1.62. The molecule has 4 heteroatoms. The molecule has 1 atom stereocenters. The summed E-state index contributed by atoms with van der Waals surface area (Å²) in [6.45, 7) is 9.07. The minimum atomic E-state index is -0.237. The number of fused-ring (bicyclic) bond motifs is 1. The van der Waals surface area contributed by atoms with Gasteiger partial charge >= 0.3 is 0 Å². The molecule has 0 fully saturated rings. The molecule has 0 aliphatic heterocycles. The van der Waals surface area contributed by atoms with Crippen molar-refractivity contribution in [3.05, 3.63) is 30.1 Å². The second kappa shape index (κ2) is 6.74. The Morgan fingerprint density at radius 2 is 2.00 bits per heavy atom. The van der Waals surface area contributed by atoms with E-state index in [1.54, 1.807) is 0 Å². The SMILES string of the molecule is CCc1nc2ccccc2n1C(C)C(=O)NCCC(C)C. The summed E-state index contributed by atoms with van der Waals surface area (Å²) in [5.41, 5.74) is 1.98. The van der Waals surface area contributed by atoms with E-state index in [2.05, 4.69) is 35.6 Å². The standard InChI is InChI=1S/C17H25N3O/c1-5-16-19-14-8-6-7-9-15(14)20(16)13(4)17(21)18-11-10-12(2)3/h6-9,12-13H,5,10-11H2,1-4H3,(H,18,21). The first-order valence-corrected chi connectivity index (χ1v) is 7.78. The third-order valence-corrected chi connectivity index (χ3v) is 3.77. The molecule has 0 saturated carbocycles. The van der Waals surface area contributed by atoms with Crippen LogP contribution >= 0.6 is 0 Å². The highest BCUT2D eigenvalue weighted by Gasteiger charge is 2.20. The molecule has 21 heavy (non-hydrogen) atoms. The largest absolute Gasteiger partial charge is 0.354 e. The third-order valence-electron chi connectivity index (χ3n) is 3.77. The van der Waals surface area contributed by atoms with Crippen molar-refractivity contribution in [3.63, 3.8) is 0 Å². The lowest BCUT2D eigenvalue weighted by Gasteiger charge is -2.17. The molecule has 1 heterocycles. The molecule has 0 aliphatic rings. The van der Waals surface area contributed by atoms with E-state index in [1.807, 2.05) is 31.2 Å². The summed E-state index contributed by atoms with van der Waals surface area (Å²) < 4.78 is 2.06. The maximum Gasteiger partial charge on any atom is 0.242 e. The highest BCUT2D eigenvalue weighted by Crippen LogP contribution is 2.21. The summed E-state index contributed by atoms with van der Waals surface area (Å²) >= 11 is 0. The fourth-order valence-corrected chi connectivity index (χ4v) is 2.52. The molecular weight excluding hydrogens is 262 g/mol. The number of rotatable bonds is 6. The van der Waals surface area contributed by atoms with E-state index in [1.165, 1.54) is 0 Å². The van der Waals surface area contributed by atoms with Gasteiger partial charge in [0.15, 0.2) is 0 Å². The van der Waals surface area contributed by atoms with Crippen LogP contribution in [0.1, 0.15) is 46.0 Å². The molecule has 0 radical (unpaired) electrons. The lowest BCUT2D eigenvalue weighted by atomic mass is 10.1. The highest BCUT2D eigenvalue weighted by atomic mass is 16.2. The van der Waals surface area contributed by atoms with E-state index in [0.29, 0.717) is 5.92 Å². The first-order chi connectivity index (χ1) is 10.0. The summed E-state index contributed by atoms with van der Waals surface area (Å²) in [6, 6.07) is 7.75. The third kappa shape index (κ3) is 3.43. The monoisotopic (exact) mass is 287 g/mol. The summed E-state index contributed by atoms with van der Waals surface area (Å²) in [6.07, 6.45) is 1.82. The zero-order chi connectivity index (χ0) is 15.4. The number of para-hydroxylation sites is 2. The zero-order valence-electron chi connectivity index (χ0n) is 13.4. The van der Waals surface area contributed by atoms with Gasteiger partial charge in [-0.15, -0.1) is 0 Å². The number of hydrogen-bond acceptors (Lipinski definition) is 2. The maximum atomic E-state index is 12.4. The van der Waals surface area contributed by atoms with Crippen LogP contribution in [0.4, 0.5) is 0 Å². The van der Waals surface area contributed by atoms with Gasteiger partial charge in [-0.2, -0.15) is 0 Å². The number of aromatic nitrogens is 2. The predicted molar refractivity (Wildman–Crippen MR) is 86.3 cm³/mol. The highest BCUT2D eigenvalue weighted by molar-refractivity contribution is 5.84. The summed E-state index contributed by atoms with van der Waals surface area (Å²) in [4.78, 5) is 17.0. The molecule has 1 aromatic carbocycles. The average Bonchev–Trinajstić information content (AvgIpc) is 2.84. The van der Waals surface area contributed by atoms with Gasteiger partial charge in [-0.25, -0.2) is 4.98 Å². The fraction of sp³-hybridized carbons (Fsp3) is 0.529.